The van der Waals surface area contributed by atoms with Gasteiger partial charge < -0.3 is 25.4 Å². The van der Waals surface area contributed by atoms with Crippen molar-refractivity contribution in [3.8, 4) is 6.07 Å². The van der Waals surface area contributed by atoms with E-state index in [9.17, 15) is 4.39 Å². The molecule has 1 fully saturated rings. The fourth-order valence-corrected chi connectivity index (χ4v) is 4.10. The molecule has 0 atom stereocenters. The van der Waals surface area contributed by atoms with Crippen LogP contribution in [0.3, 0.4) is 0 Å². The van der Waals surface area contributed by atoms with E-state index in [2.05, 4.69) is 48.5 Å². The lowest BCUT2D eigenvalue weighted by atomic mass is 10.1. The summed E-state index contributed by atoms with van der Waals surface area (Å²) in [6.07, 6.45) is 2.13. The smallest absolute Gasteiger partial charge is 0.231 e. The maximum Gasteiger partial charge on any atom is 0.231 e. The number of hydrogen-bond acceptors (Lipinski definition) is 7. The predicted octanol–water partition coefficient (Wildman–Crippen LogP) is 4.40. The number of aromatic amines is 1. The van der Waals surface area contributed by atoms with Crippen molar-refractivity contribution in [2.45, 2.75) is 6.42 Å². The zero-order chi connectivity index (χ0) is 23.5. The first-order valence-electron chi connectivity index (χ1n) is 11.2. The van der Waals surface area contributed by atoms with Gasteiger partial charge in [-0.1, -0.05) is 12.1 Å². The fraction of sp³-hybridized carbons (Fsp3) is 0.240. The zero-order valence-electron chi connectivity index (χ0n) is 18.8. The summed E-state index contributed by atoms with van der Waals surface area (Å²) >= 11 is 0. The molecular weight excluding hydrogens is 431 g/mol. The van der Waals surface area contributed by atoms with E-state index in [1.165, 1.54) is 6.07 Å². The first-order valence-corrected chi connectivity index (χ1v) is 11.2. The Hall–Kier alpha value is -4.16. The highest BCUT2D eigenvalue weighted by atomic mass is 19.1. The number of anilines is 5. The van der Waals surface area contributed by atoms with Crippen molar-refractivity contribution >= 4 is 39.9 Å². The van der Waals surface area contributed by atoms with Gasteiger partial charge in [0.05, 0.1) is 23.6 Å². The van der Waals surface area contributed by atoms with Crippen LogP contribution in [0.25, 0.3) is 11.0 Å². The molecule has 172 valence electrons. The van der Waals surface area contributed by atoms with Crippen molar-refractivity contribution in [2.24, 2.45) is 0 Å². The van der Waals surface area contributed by atoms with Crippen LogP contribution in [0.5, 0.6) is 0 Å². The second kappa shape index (κ2) is 9.37. The third kappa shape index (κ3) is 4.63. The maximum absolute atomic E-state index is 14.9. The Morgan fingerprint density at radius 1 is 1.03 bits per heavy atom. The molecule has 1 saturated heterocycles. The number of nitriles is 1. The predicted molar refractivity (Wildman–Crippen MR) is 132 cm³/mol. The maximum atomic E-state index is 14.9. The van der Waals surface area contributed by atoms with Gasteiger partial charge in [0.25, 0.3) is 0 Å². The highest BCUT2D eigenvalue weighted by molar-refractivity contribution is 5.90. The highest BCUT2D eigenvalue weighted by Crippen LogP contribution is 2.28. The van der Waals surface area contributed by atoms with Crippen LogP contribution < -0.4 is 15.5 Å². The number of likely N-dealkylation sites (N-methyl/N-ethyl adjacent to an activating group) is 1. The van der Waals surface area contributed by atoms with Crippen LogP contribution in [0.1, 0.15) is 5.56 Å². The van der Waals surface area contributed by atoms with E-state index >= 15 is 0 Å². The number of benzene rings is 2. The van der Waals surface area contributed by atoms with Crippen LogP contribution in [0.4, 0.5) is 33.2 Å². The molecule has 0 unspecified atom stereocenters. The summed E-state index contributed by atoms with van der Waals surface area (Å²) in [7, 11) is 2.08. The summed E-state index contributed by atoms with van der Waals surface area (Å²) in [6.45, 7) is 3.44. The lowest BCUT2D eigenvalue weighted by Gasteiger charge is -2.34. The third-order valence-electron chi connectivity index (χ3n) is 5.94. The number of aromatic nitrogens is 3. The second-order valence-corrected chi connectivity index (χ2v) is 8.38. The molecular formula is C25H25FN8. The van der Waals surface area contributed by atoms with E-state index in [0.29, 0.717) is 35.2 Å². The lowest BCUT2D eigenvalue weighted by molar-refractivity contribution is 0.311. The molecule has 2 aromatic heterocycles. The number of nitrogens with zero attached hydrogens (tertiary/aromatic N) is 5. The van der Waals surface area contributed by atoms with E-state index in [0.717, 1.165) is 42.8 Å². The number of halogens is 1. The van der Waals surface area contributed by atoms with E-state index in [4.69, 9.17) is 5.26 Å². The average molecular weight is 457 g/mol. The molecule has 0 saturated carbocycles. The van der Waals surface area contributed by atoms with Crippen LogP contribution in [0.15, 0.2) is 54.7 Å². The van der Waals surface area contributed by atoms with Crippen LogP contribution in [-0.2, 0) is 6.42 Å². The highest BCUT2D eigenvalue weighted by Gasteiger charge is 2.18. The average Bonchev–Trinajstić information content (AvgIpc) is 3.30. The van der Waals surface area contributed by atoms with Gasteiger partial charge in [-0.25, -0.2) is 4.39 Å². The molecule has 8 nitrogen and oxygen atoms in total. The van der Waals surface area contributed by atoms with E-state index in [-0.39, 0.29) is 5.82 Å². The van der Waals surface area contributed by atoms with Crippen molar-refractivity contribution in [3.05, 3.63) is 66.1 Å². The molecule has 3 N–H and O–H groups in total. The molecule has 2 aromatic carbocycles. The molecule has 9 heteroatoms. The van der Waals surface area contributed by atoms with Crippen LogP contribution in [-0.4, -0.2) is 53.1 Å². The Morgan fingerprint density at radius 3 is 2.65 bits per heavy atom. The molecule has 3 heterocycles. The first kappa shape index (κ1) is 21.7. The first-order chi connectivity index (χ1) is 16.6. The Balaban J connectivity index is 1.39. The molecule has 0 bridgehead atoms. The van der Waals surface area contributed by atoms with Crippen molar-refractivity contribution in [1.82, 2.24) is 19.9 Å². The van der Waals surface area contributed by atoms with Gasteiger partial charge in [-0.2, -0.15) is 15.2 Å². The van der Waals surface area contributed by atoms with Crippen LogP contribution in [0, 0.1) is 17.1 Å². The number of nitrogens with one attached hydrogen (secondary N) is 3. The van der Waals surface area contributed by atoms with Crippen LogP contribution in [0.2, 0.25) is 0 Å². The van der Waals surface area contributed by atoms with E-state index in [1.807, 2.05) is 36.4 Å². The number of H-pyrrole nitrogens is 1. The van der Waals surface area contributed by atoms with Crippen LogP contribution >= 0.6 is 0 Å². The van der Waals surface area contributed by atoms with E-state index < -0.39 is 0 Å². The van der Waals surface area contributed by atoms with Crippen molar-refractivity contribution in [2.75, 3.05) is 48.8 Å². The summed E-state index contributed by atoms with van der Waals surface area (Å²) in [4.78, 5) is 16.6. The summed E-state index contributed by atoms with van der Waals surface area (Å²) in [5.74, 6) is 0.679. The van der Waals surface area contributed by atoms with Gasteiger partial charge in [-0.3, -0.25) is 0 Å². The van der Waals surface area contributed by atoms with Gasteiger partial charge in [0, 0.05) is 43.8 Å². The summed E-state index contributed by atoms with van der Waals surface area (Å²) < 4.78 is 14.9. The molecule has 1 aliphatic heterocycles. The van der Waals surface area contributed by atoms with Gasteiger partial charge in [-0.05, 0) is 49.0 Å². The third-order valence-corrected chi connectivity index (χ3v) is 5.94. The zero-order valence-corrected chi connectivity index (χ0v) is 18.8. The van der Waals surface area contributed by atoms with Crippen molar-refractivity contribution < 1.29 is 4.39 Å². The monoisotopic (exact) mass is 456 g/mol. The Labute approximate surface area is 197 Å². The largest absolute Gasteiger partial charge is 0.367 e. The second-order valence-electron chi connectivity index (χ2n) is 8.38. The van der Waals surface area contributed by atoms with Crippen molar-refractivity contribution in [1.29, 1.82) is 5.26 Å². The summed E-state index contributed by atoms with van der Waals surface area (Å²) in [6, 6.07) is 16.8. The minimum Gasteiger partial charge on any atom is -0.367 e. The summed E-state index contributed by atoms with van der Waals surface area (Å²) in [5.41, 5.74) is 3.58. The topological polar surface area (TPSA) is 95.9 Å². The molecule has 0 aliphatic carbocycles. The standard InChI is InChI=1S/C25H25FN8/c1-33-11-13-34(14-12-33)22-6-5-19(16-21(22)26)30-25-31-23-20(8-10-28-23)24(32-25)29-18-4-2-3-17(15-18)7-9-27/h2-6,8,10,15-16H,7,11-14H2,1H3,(H3,28,29,30,31,32). The van der Waals surface area contributed by atoms with Gasteiger partial charge >= 0.3 is 0 Å². The number of fused-ring (bicyclic) bond motifs is 1. The SMILES string of the molecule is CN1CCN(c2ccc(Nc3nc(Nc4cccc(CC#N)c4)c4cc[nH]c4n3)cc2F)CC1. The number of piperazine rings is 1. The number of hydrogen-bond donors (Lipinski definition) is 3. The van der Waals surface area contributed by atoms with Gasteiger partial charge in [0.15, 0.2) is 0 Å². The molecule has 0 spiro atoms. The van der Waals surface area contributed by atoms with E-state index in [1.54, 1.807) is 12.3 Å². The minimum absolute atomic E-state index is 0.275. The molecule has 5 rings (SSSR count). The molecule has 1 aliphatic rings. The molecule has 4 aromatic rings. The molecule has 0 radical (unpaired) electrons. The van der Waals surface area contributed by atoms with Gasteiger partial charge in [0.1, 0.15) is 17.3 Å². The minimum atomic E-state index is -0.275. The van der Waals surface area contributed by atoms with Crippen molar-refractivity contribution in [3.63, 3.8) is 0 Å². The Kier molecular flexibility index (Phi) is 5.97. The Bertz CT molecular complexity index is 1350. The van der Waals surface area contributed by atoms with Gasteiger partial charge in [-0.15, -0.1) is 0 Å². The lowest BCUT2D eigenvalue weighted by Crippen LogP contribution is -2.44. The molecule has 0 amide bonds. The normalized spacial score (nSPS) is 14.2. The number of rotatable bonds is 6. The quantitative estimate of drug-likeness (QED) is 0.396. The fourth-order valence-electron chi connectivity index (χ4n) is 4.10. The summed E-state index contributed by atoms with van der Waals surface area (Å²) in [5, 5.41) is 16.3. The van der Waals surface area contributed by atoms with Gasteiger partial charge in [0.2, 0.25) is 5.95 Å². The Morgan fingerprint density at radius 2 is 1.85 bits per heavy atom. The molecule has 34 heavy (non-hydrogen) atoms.